The molecule has 1 N–H and O–H groups in total. The van der Waals surface area contributed by atoms with Gasteiger partial charge in [0.05, 0.1) is 11.4 Å². The van der Waals surface area contributed by atoms with Gasteiger partial charge < -0.3 is 10.1 Å². The maximum Gasteiger partial charge on any atom is 0.0766 e. The zero-order valence-electron chi connectivity index (χ0n) is 13.0. The van der Waals surface area contributed by atoms with Gasteiger partial charge in [0.2, 0.25) is 0 Å². The van der Waals surface area contributed by atoms with E-state index in [4.69, 9.17) is 4.74 Å². The molecule has 0 unspecified atom stereocenters. The Labute approximate surface area is 127 Å². The Kier molecular flexibility index (Phi) is 6.44. The smallest absolute Gasteiger partial charge is 0.0766 e. The van der Waals surface area contributed by atoms with Crippen LogP contribution in [0.2, 0.25) is 0 Å². The first kappa shape index (κ1) is 15.7. The summed E-state index contributed by atoms with van der Waals surface area (Å²) in [6.45, 7) is 7.76. The van der Waals surface area contributed by atoms with Crippen molar-refractivity contribution in [2.24, 2.45) is 5.92 Å². The summed E-state index contributed by atoms with van der Waals surface area (Å²) in [4.78, 5) is 0. The Balaban J connectivity index is 1.65. The zero-order chi connectivity index (χ0) is 14.9. The first-order valence-electron chi connectivity index (χ1n) is 7.64. The standard InChI is InChI=1S/C17H25N3O/c1-15(2)14-21-12-6-10-18-13-16-9-11-20(19-16)17-7-4-3-5-8-17/h3-5,7-9,11,15,18H,6,10,12-14H2,1-2H3. The lowest BCUT2D eigenvalue weighted by molar-refractivity contribution is 0.108. The molecule has 0 saturated heterocycles. The van der Waals surface area contributed by atoms with Crippen molar-refractivity contribution in [1.82, 2.24) is 15.1 Å². The van der Waals surface area contributed by atoms with Crippen LogP contribution >= 0.6 is 0 Å². The third-order valence-electron chi connectivity index (χ3n) is 3.06. The summed E-state index contributed by atoms with van der Waals surface area (Å²) < 4.78 is 7.46. The van der Waals surface area contributed by atoms with Crippen LogP contribution in [0.1, 0.15) is 26.0 Å². The summed E-state index contributed by atoms with van der Waals surface area (Å²) in [5, 5.41) is 7.96. The molecule has 0 aliphatic rings. The summed E-state index contributed by atoms with van der Waals surface area (Å²) in [6.07, 6.45) is 3.03. The van der Waals surface area contributed by atoms with Crippen molar-refractivity contribution in [2.45, 2.75) is 26.8 Å². The van der Waals surface area contributed by atoms with Gasteiger partial charge in [0.25, 0.3) is 0 Å². The monoisotopic (exact) mass is 287 g/mol. The molecule has 0 atom stereocenters. The minimum Gasteiger partial charge on any atom is -0.381 e. The van der Waals surface area contributed by atoms with Crippen LogP contribution in [0.15, 0.2) is 42.6 Å². The number of ether oxygens (including phenoxy) is 1. The van der Waals surface area contributed by atoms with Crippen LogP contribution in [0.25, 0.3) is 5.69 Å². The summed E-state index contributed by atoms with van der Waals surface area (Å²) in [5.74, 6) is 0.611. The average Bonchev–Trinajstić information content (AvgIpc) is 2.96. The van der Waals surface area contributed by atoms with Crippen molar-refractivity contribution in [3.05, 3.63) is 48.3 Å². The molecule has 0 aliphatic heterocycles. The number of hydrogen-bond donors (Lipinski definition) is 1. The van der Waals surface area contributed by atoms with E-state index in [1.165, 1.54) is 0 Å². The van der Waals surface area contributed by atoms with Crippen LogP contribution in [0.5, 0.6) is 0 Å². The van der Waals surface area contributed by atoms with E-state index < -0.39 is 0 Å². The molecule has 1 heterocycles. The molecule has 0 bridgehead atoms. The molecule has 2 aromatic rings. The number of rotatable bonds is 9. The summed E-state index contributed by atoms with van der Waals surface area (Å²) in [5.41, 5.74) is 2.15. The third kappa shape index (κ3) is 5.69. The van der Waals surface area contributed by atoms with Gasteiger partial charge in [-0.25, -0.2) is 4.68 Å². The molecule has 0 saturated carbocycles. The predicted molar refractivity (Wildman–Crippen MR) is 85.5 cm³/mol. The van der Waals surface area contributed by atoms with E-state index in [0.717, 1.165) is 44.1 Å². The molecular weight excluding hydrogens is 262 g/mol. The number of hydrogen-bond acceptors (Lipinski definition) is 3. The highest BCUT2D eigenvalue weighted by Crippen LogP contribution is 2.06. The van der Waals surface area contributed by atoms with Crippen LogP contribution in [0, 0.1) is 5.92 Å². The summed E-state index contributed by atoms with van der Waals surface area (Å²) >= 11 is 0. The molecule has 21 heavy (non-hydrogen) atoms. The first-order valence-corrected chi connectivity index (χ1v) is 7.64. The topological polar surface area (TPSA) is 39.1 Å². The van der Waals surface area contributed by atoms with Crippen molar-refractivity contribution in [1.29, 1.82) is 0 Å². The van der Waals surface area contributed by atoms with E-state index in [-0.39, 0.29) is 0 Å². The number of benzene rings is 1. The third-order valence-corrected chi connectivity index (χ3v) is 3.06. The minimum atomic E-state index is 0.611. The van der Waals surface area contributed by atoms with Gasteiger partial charge in [0.15, 0.2) is 0 Å². The van der Waals surface area contributed by atoms with Gasteiger partial charge in [-0.2, -0.15) is 5.10 Å². The summed E-state index contributed by atoms with van der Waals surface area (Å²) in [7, 11) is 0. The maximum absolute atomic E-state index is 5.55. The Bertz CT molecular complexity index is 508. The zero-order valence-corrected chi connectivity index (χ0v) is 13.0. The highest BCUT2D eigenvalue weighted by molar-refractivity contribution is 5.30. The van der Waals surface area contributed by atoms with Gasteiger partial charge in [0.1, 0.15) is 0 Å². The fraction of sp³-hybridized carbons (Fsp3) is 0.471. The van der Waals surface area contributed by atoms with Crippen LogP contribution < -0.4 is 5.32 Å². The van der Waals surface area contributed by atoms with Crippen molar-refractivity contribution in [3.63, 3.8) is 0 Å². The Hall–Kier alpha value is -1.65. The quantitative estimate of drug-likeness (QED) is 0.721. The molecule has 0 fully saturated rings. The molecule has 1 aromatic heterocycles. The predicted octanol–water partition coefficient (Wildman–Crippen LogP) is 3.02. The molecule has 0 amide bonds. The highest BCUT2D eigenvalue weighted by Gasteiger charge is 2.00. The summed E-state index contributed by atoms with van der Waals surface area (Å²) in [6, 6.07) is 12.2. The molecule has 0 aliphatic carbocycles. The minimum absolute atomic E-state index is 0.611. The van der Waals surface area contributed by atoms with E-state index in [9.17, 15) is 0 Å². The van der Waals surface area contributed by atoms with Crippen LogP contribution in [-0.4, -0.2) is 29.5 Å². The maximum atomic E-state index is 5.55. The van der Waals surface area contributed by atoms with E-state index in [1.54, 1.807) is 0 Å². The Morgan fingerprint density at radius 2 is 2.00 bits per heavy atom. The van der Waals surface area contributed by atoms with Gasteiger partial charge in [-0.1, -0.05) is 32.0 Å². The second-order valence-corrected chi connectivity index (χ2v) is 5.59. The molecule has 2 rings (SSSR count). The molecule has 1 aromatic carbocycles. The van der Waals surface area contributed by atoms with Crippen LogP contribution in [0.3, 0.4) is 0 Å². The number of aromatic nitrogens is 2. The second kappa shape index (κ2) is 8.60. The Morgan fingerprint density at radius 1 is 1.19 bits per heavy atom. The molecule has 4 nitrogen and oxygen atoms in total. The van der Waals surface area contributed by atoms with E-state index >= 15 is 0 Å². The van der Waals surface area contributed by atoms with Crippen LogP contribution in [0.4, 0.5) is 0 Å². The Morgan fingerprint density at radius 3 is 2.76 bits per heavy atom. The normalized spacial score (nSPS) is 11.2. The van der Waals surface area contributed by atoms with Gasteiger partial charge in [-0.3, -0.25) is 0 Å². The largest absolute Gasteiger partial charge is 0.381 e. The van der Waals surface area contributed by atoms with Crippen molar-refractivity contribution in [2.75, 3.05) is 19.8 Å². The fourth-order valence-corrected chi connectivity index (χ4v) is 2.02. The lowest BCUT2D eigenvalue weighted by atomic mass is 10.2. The van der Waals surface area contributed by atoms with Crippen LogP contribution in [-0.2, 0) is 11.3 Å². The second-order valence-electron chi connectivity index (χ2n) is 5.59. The highest BCUT2D eigenvalue weighted by atomic mass is 16.5. The number of nitrogens with zero attached hydrogens (tertiary/aromatic N) is 2. The molecular formula is C17H25N3O. The number of para-hydroxylation sites is 1. The van der Waals surface area contributed by atoms with E-state index in [2.05, 4.69) is 42.5 Å². The fourth-order valence-electron chi connectivity index (χ4n) is 2.02. The van der Waals surface area contributed by atoms with Gasteiger partial charge in [-0.15, -0.1) is 0 Å². The lowest BCUT2D eigenvalue weighted by Crippen LogP contribution is -2.17. The van der Waals surface area contributed by atoms with Crippen molar-refractivity contribution < 1.29 is 4.74 Å². The van der Waals surface area contributed by atoms with E-state index in [1.807, 2.05) is 29.1 Å². The van der Waals surface area contributed by atoms with Gasteiger partial charge in [-0.05, 0) is 37.1 Å². The van der Waals surface area contributed by atoms with Gasteiger partial charge >= 0.3 is 0 Å². The molecule has 4 heteroatoms. The molecule has 0 radical (unpaired) electrons. The van der Waals surface area contributed by atoms with Crippen molar-refractivity contribution >= 4 is 0 Å². The molecule has 0 spiro atoms. The molecule has 114 valence electrons. The van der Waals surface area contributed by atoms with E-state index in [0.29, 0.717) is 5.92 Å². The number of nitrogens with one attached hydrogen (secondary N) is 1. The lowest BCUT2D eigenvalue weighted by Gasteiger charge is -2.07. The average molecular weight is 287 g/mol. The SMILES string of the molecule is CC(C)COCCCNCc1ccn(-c2ccccc2)n1. The van der Waals surface area contributed by atoms with Crippen molar-refractivity contribution in [3.8, 4) is 5.69 Å². The van der Waals surface area contributed by atoms with Gasteiger partial charge in [0, 0.05) is 26.0 Å². The first-order chi connectivity index (χ1) is 10.3.